The lowest BCUT2D eigenvalue weighted by Gasteiger charge is -2.26. The van der Waals surface area contributed by atoms with Gasteiger partial charge < -0.3 is 19.5 Å². The Labute approximate surface area is 189 Å². The summed E-state index contributed by atoms with van der Waals surface area (Å²) in [6.07, 6.45) is 3.30. The lowest BCUT2D eigenvalue weighted by Crippen LogP contribution is -2.35. The summed E-state index contributed by atoms with van der Waals surface area (Å²) in [5, 5.41) is 2.83. The highest BCUT2D eigenvalue weighted by molar-refractivity contribution is 7.89. The highest BCUT2D eigenvalue weighted by Gasteiger charge is 2.26. The average molecular weight is 463 g/mol. The van der Waals surface area contributed by atoms with Crippen molar-refractivity contribution in [1.82, 2.24) is 4.31 Å². The zero-order valence-corrected chi connectivity index (χ0v) is 19.5. The largest absolute Gasteiger partial charge is 0.496 e. The summed E-state index contributed by atoms with van der Waals surface area (Å²) >= 11 is 0. The van der Waals surface area contributed by atoms with E-state index in [2.05, 4.69) is 5.32 Å². The van der Waals surface area contributed by atoms with Crippen molar-refractivity contribution >= 4 is 21.6 Å². The number of anilines is 1. The van der Waals surface area contributed by atoms with E-state index >= 15 is 0 Å². The normalized spacial score (nSPS) is 14.6. The minimum atomic E-state index is -3.56. The summed E-state index contributed by atoms with van der Waals surface area (Å²) in [6.45, 7) is 1.08. The number of ether oxygens (including phenoxy) is 3. The number of rotatable bonds is 9. The molecule has 0 spiro atoms. The molecule has 2 aromatic carbocycles. The monoisotopic (exact) mass is 462 g/mol. The lowest BCUT2D eigenvalue weighted by atomic mass is 10.1. The predicted octanol–water partition coefficient (Wildman–Crippen LogP) is 3.46. The fourth-order valence-electron chi connectivity index (χ4n) is 3.75. The second-order valence-electron chi connectivity index (χ2n) is 7.56. The number of aryl methyl sites for hydroxylation is 1. The van der Waals surface area contributed by atoms with Gasteiger partial charge in [-0.1, -0.05) is 6.42 Å². The van der Waals surface area contributed by atoms with E-state index < -0.39 is 10.0 Å². The number of nitrogens with one attached hydrogen (secondary N) is 1. The molecule has 1 heterocycles. The molecular formula is C23H30N2O6S. The van der Waals surface area contributed by atoms with Crippen molar-refractivity contribution in [2.24, 2.45) is 0 Å². The molecular weight excluding hydrogens is 432 g/mol. The first-order chi connectivity index (χ1) is 15.4. The number of nitrogens with zero attached hydrogens (tertiary/aromatic N) is 1. The molecule has 1 N–H and O–H groups in total. The van der Waals surface area contributed by atoms with Crippen molar-refractivity contribution in [1.29, 1.82) is 0 Å². The molecule has 3 rings (SSSR count). The number of benzene rings is 2. The Morgan fingerprint density at radius 1 is 0.906 bits per heavy atom. The Balaban J connectivity index is 1.71. The zero-order valence-electron chi connectivity index (χ0n) is 18.7. The van der Waals surface area contributed by atoms with Crippen LogP contribution in [-0.4, -0.2) is 53.0 Å². The van der Waals surface area contributed by atoms with Crippen LogP contribution in [0.2, 0.25) is 0 Å². The van der Waals surface area contributed by atoms with Gasteiger partial charge in [-0.05, 0) is 55.2 Å². The molecule has 8 nitrogen and oxygen atoms in total. The van der Waals surface area contributed by atoms with Gasteiger partial charge in [0.25, 0.3) is 0 Å². The maximum atomic E-state index is 13.0. The van der Waals surface area contributed by atoms with Crippen molar-refractivity contribution < 1.29 is 27.4 Å². The van der Waals surface area contributed by atoms with Crippen LogP contribution < -0.4 is 19.5 Å². The molecule has 9 heteroatoms. The first kappa shape index (κ1) is 23.9. The second kappa shape index (κ2) is 10.7. The minimum absolute atomic E-state index is 0.165. The highest BCUT2D eigenvalue weighted by Crippen LogP contribution is 2.30. The average Bonchev–Trinajstić information content (AvgIpc) is 2.82. The van der Waals surface area contributed by atoms with E-state index in [1.807, 2.05) is 0 Å². The number of carbonyl (C=O) groups is 1. The molecule has 1 amide bonds. The quantitative estimate of drug-likeness (QED) is 0.613. The van der Waals surface area contributed by atoms with Crippen LogP contribution in [0.5, 0.6) is 17.2 Å². The van der Waals surface area contributed by atoms with E-state index in [4.69, 9.17) is 14.2 Å². The Hall–Kier alpha value is -2.78. The number of hydrogen-bond acceptors (Lipinski definition) is 6. The van der Waals surface area contributed by atoms with Crippen LogP contribution in [0.25, 0.3) is 0 Å². The van der Waals surface area contributed by atoms with Crippen LogP contribution in [0.4, 0.5) is 5.69 Å². The third kappa shape index (κ3) is 5.52. The Morgan fingerprint density at radius 3 is 2.22 bits per heavy atom. The van der Waals surface area contributed by atoms with Crippen LogP contribution in [0, 0.1) is 0 Å². The van der Waals surface area contributed by atoms with Crippen molar-refractivity contribution in [3.63, 3.8) is 0 Å². The fourth-order valence-corrected chi connectivity index (χ4v) is 5.32. The van der Waals surface area contributed by atoms with E-state index in [1.165, 1.54) is 18.5 Å². The first-order valence-electron chi connectivity index (χ1n) is 10.6. The zero-order chi connectivity index (χ0) is 23.1. The van der Waals surface area contributed by atoms with Crippen LogP contribution in [0.15, 0.2) is 41.3 Å². The topological polar surface area (TPSA) is 94.2 Å². The van der Waals surface area contributed by atoms with Crippen LogP contribution in [-0.2, 0) is 21.2 Å². The third-order valence-corrected chi connectivity index (χ3v) is 7.39. The van der Waals surface area contributed by atoms with Crippen molar-refractivity contribution in [3.05, 3.63) is 42.0 Å². The van der Waals surface area contributed by atoms with Gasteiger partial charge in [-0.15, -0.1) is 0 Å². The van der Waals surface area contributed by atoms with Gasteiger partial charge in [-0.25, -0.2) is 8.42 Å². The van der Waals surface area contributed by atoms with E-state index in [0.29, 0.717) is 48.0 Å². The van der Waals surface area contributed by atoms with Crippen molar-refractivity contribution in [2.45, 2.75) is 37.0 Å². The van der Waals surface area contributed by atoms with Gasteiger partial charge in [0.05, 0.1) is 26.2 Å². The molecule has 1 aliphatic rings. The molecule has 174 valence electrons. The summed E-state index contributed by atoms with van der Waals surface area (Å²) in [6, 6.07) is 9.96. The maximum Gasteiger partial charge on any atom is 0.243 e. The third-order valence-electron chi connectivity index (χ3n) is 5.49. The predicted molar refractivity (Wildman–Crippen MR) is 122 cm³/mol. The minimum Gasteiger partial charge on any atom is -0.496 e. The maximum absolute atomic E-state index is 13.0. The summed E-state index contributed by atoms with van der Waals surface area (Å²) in [5.74, 6) is 1.44. The van der Waals surface area contributed by atoms with Crippen LogP contribution in [0.3, 0.4) is 0 Å². The van der Waals surface area contributed by atoms with E-state index in [-0.39, 0.29) is 17.2 Å². The number of sulfonamides is 1. The van der Waals surface area contributed by atoms with Crippen molar-refractivity contribution in [3.8, 4) is 17.2 Å². The molecule has 0 bridgehead atoms. The molecule has 0 atom stereocenters. The Bertz CT molecular complexity index is 1050. The number of hydrogen-bond donors (Lipinski definition) is 1. The number of amides is 1. The van der Waals surface area contributed by atoms with Gasteiger partial charge in [0.1, 0.15) is 5.75 Å². The summed E-state index contributed by atoms with van der Waals surface area (Å²) in [5.41, 5.74) is 1.26. The molecule has 0 unspecified atom stereocenters. The molecule has 32 heavy (non-hydrogen) atoms. The van der Waals surface area contributed by atoms with Gasteiger partial charge >= 0.3 is 0 Å². The van der Waals surface area contributed by atoms with Gasteiger partial charge in [-0.2, -0.15) is 4.31 Å². The second-order valence-corrected chi connectivity index (χ2v) is 9.49. The molecule has 2 aromatic rings. The molecule has 0 saturated carbocycles. The fraction of sp³-hybridized carbons (Fsp3) is 0.435. The van der Waals surface area contributed by atoms with Crippen LogP contribution >= 0.6 is 0 Å². The molecule has 1 aliphatic heterocycles. The van der Waals surface area contributed by atoms with Gasteiger partial charge in [0, 0.05) is 31.3 Å². The van der Waals surface area contributed by atoms with E-state index in [0.717, 1.165) is 19.3 Å². The summed E-state index contributed by atoms with van der Waals surface area (Å²) in [4.78, 5) is 12.8. The SMILES string of the molecule is COc1ccc(S(=O)(=O)N2CCCCC2)cc1CCC(=O)Nc1ccc(OC)c(OC)c1. The smallest absolute Gasteiger partial charge is 0.243 e. The van der Waals surface area contributed by atoms with Crippen molar-refractivity contribution in [2.75, 3.05) is 39.7 Å². The highest BCUT2D eigenvalue weighted by atomic mass is 32.2. The van der Waals surface area contributed by atoms with Crippen LogP contribution in [0.1, 0.15) is 31.2 Å². The number of methoxy groups -OCH3 is 3. The van der Waals surface area contributed by atoms with E-state index in [1.54, 1.807) is 43.5 Å². The molecule has 1 fully saturated rings. The standard InChI is InChI=1S/C23H30N2O6S/c1-29-20-11-9-19(32(27,28)25-13-5-4-6-14-25)15-17(20)7-12-23(26)24-18-8-10-21(30-2)22(16-18)31-3/h8-11,15-16H,4-7,12-14H2,1-3H3,(H,24,26). The number of piperidine rings is 1. The Kier molecular flexibility index (Phi) is 7.98. The van der Waals surface area contributed by atoms with Gasteiger partial charge in [0.2, 0.25) is 15.9 Å². The first-order valence-corrected chi connectivity index (χ1v) is 12.0. The molecule has 1 saturated heterocycles. The Morgan fingerprint density at radius 2 is 1.56 bits per heavy atom. The molecule has 0 aliphatic carbocycles. The van der Waals surface area contributed by atoms with E-state index in [9.17, 15) is 13.2 Å². The summed E-state index contributed by atoms with van der Waals surface area (Å²) < 4.78 is 43.4. The summed E-state index contributed by atoms with van der Waals surface area (Å²) in [7, 11) is 1.04. The van der Waals surface area contributed by atoms with Gasteiger partial charge in [0.15, 0.2) is 11.5 Å². The molecule has 0 aromatic heterocycles. The molecule has 0 radical (unpaired) electrons. The lowest BCUT2D eigenvalue weighted by molar-refractivity contribution is -0.116. The number of carbonyl (C=O) groups excluding carboxylic acids is 1. The van der Waals surface area contributed by atoms with Gasteiger partial charge in [-0.3, -0.25) is 4.79 Å².